The van der Waals surface area contributed by atoms with Crippen LogP contribution in [-0.4, -0.2) is 15.9 Å². The van der Waals surface area contributed by atoms with Crippen LogP contribution in [0.4, 0.5) is 11.4 Å². The van der Waals surface area contributed by atoms with Gasteiger partial charge in [-0.25, -0.2) is 0 Å². The van der Waals surface area contributed by atoms with Crippen molar-refractivity contribution in [1.29, 1.82) is 0 Å². The van der Waals surface area contributed by atoms with Crippen LogP contribution in [0.1, 0.15) is 21.5 Å². The highest BCUT2D eigenvalue weighted by molar-refractivity contribution is 6.05. The van der Waals surface area contributed by atoms with Gasteiger partial charge in [0.1, 0.15) is 0 Å². The molecule has 0 aromatic heterocycles. The molecule has 0 radical (unpaired) electrons. The zero-order valence-corrected chi connectivity index (χ0v) is 11.4. The van der Waals surface area contributed by atoms with Gasteiger partial charge in [-0.05, 0) is 19.1 Å². The number of hydrogen-bond acceptors (Lipinski definition) is 4. The predicted octanol–water partition coefficient (Wildman–Crippen LogP) is 2.65. The van der Waals surface area contributed by atoms with E-state index in [0.29, 0.717) is 16.8 Å². The van der Waals surface area contributed by atoms with E-state index in [0.717, 1.165) is 0 Å². The lowest BCUT2D eigenvalue weighted by Crippen LogP contribution is -2.13. The monoisotopic (exact) mass is 286 g/mol. The molecule has 21 heavy (non-hydrogen) atoms. The fraction of sp³-hybridized carbons (Fsp3) is 0.133. The second kappa shape index (κ2) is 6.15. The molecular weight excluding hydrogens is 272 g/mol. The Labute approximate surface area is 121 Å². The molecule has 0 unspecified atom stereocenters. The fourth-order valence-electron chi connectivity index (χ4n) is 1.92. The highest BCUT2D eigenvalue weighted by Crippen LogP contribution is 2.21. The van der Waals surface area contributed by atoms with Gasteiger partial charge in [-0.2, -0.15) is 0 Å². The minimum atomic E-state index is -0.520. The van der Waals surface area contributed by atoms with Crippen LogP contribution in [-0.2, 0) is 6.61 Å². The van der Waals surface area contributed by atoms with Crippen molar-refractivity contribution in [3.63, 3.8) is 0 Å². The lowest BCUT2D eigenvalue weighted by atomic mass is 10.1. The Hall–Kier alpha value is -2.73. The van der Waals surface area contributed by atoms with Gasteiger partial charge in [0.15, 0.2) is 0 Å². The number of nitro groups is 1. The van der Waals surface area contributed by atoms with Crippen molar-refractivity contribution in [2.75, 3.05) is 5.32 Å². The van der Waals surface area contributed by atoms with Crippen molar-refractivity contribution in [3.8, 4) is 0 Å². The van der Waals surface area contributed by atoms with Crippen LogP contribution in [0.25, 0.3) is 0 Å². The van der Waals surface area contributed by atoms with Gasteiger partial charge >= 0.3 is 0 Å². The summed E-state index contributed by atoms with van der Waals surface area (Å²) >= 11 is 0. The van der Waals surface area contributed by atoms with E-state index in [2.05, 4.69) is 5.32 Å². The quantitative estimate of drug-likeness (QED) is 0.667. The van der Waals surface area contributed by atoms with E-state index in [1.165, 1.54) is 18.2 Å². The van der Waals surface area contributed by atoms with Gasteiger partial charge in [0.25, 0.3) is 11.6 Å². The van der Waals surface area contributed by atoms with E-state index in [-0.39, 0.29) is 17.9 Å². The van der Waals surface area contributed by atoms with Crippen LogP contribution in [0.3, 0.4) is 0 Å². The molecule has 0 heterocycles. The summed E-state index contributed by atoms with van der Waals surface area (Å²) in [6.07, 6.45) is 0. The molecule has 0 bridgehead atoms. The number of benzene rings is 2. The molecule has 6 nitrogen and oxygen atoms in total. The molecule has 0 aliphatic carbocycles. The molecule has 0 aliphatic heterocycles. The average Bonchev–Trinajstić information content (AvgIpc) is 2.47. The number of aryl methyl sites for hydroxylation is 1. The fourth-order valence-corrected chi connectivity index (χ4v) is 1.92. The van der Waals surface area contributed by atoms with E-state index in [9.17, 15) is 20.0 Å². The van der Waals surface area contributed by atoms with E-state index >= 15 is 0 Å². The van der Waals surface area contributed by atoms with Gasteiger partial charge in [-0.15, -0.1) is 0 Å². The zero-order valence-electron chi connectivity index (χ0n) is 11.4. The molecule has 2 N–H and O–H groups in total. The molecule has 0 atom stereocenters. The number of para-hydroxylation sites is 1. The van der Waals surface area contributed by atoms with Crippen LogP contribution in [0.15, 0.2) is 42.5 Å². The Kier molecular flexibility index (Phi) is 4.30. The van der Waals surface area contributed by atoms with Gasteiger partial charge in [0.2, 0.25) is 0 Å². The number of carbonyl (C=O) groups is 1. The first-order chi connectivity index (χ1) is 10.0. The Bertz CT molecular complexity index is 698. The van der Waals surface area contributed by atoms with Gasteiger partial charge in [0, 0.05) is 28.4 Å². The smallest absolute Gasteiger partial charge is 0.273 e. The number of nitrogens with one attached hydrogen (secondary N) is 1. The van der Waals surface area contributed by atoms with Gasteiger partial charge in [-0.3, -0.25) is 14.9 Å². The van der Waals surface area contributed by atoms with Gasteiger partial charge in [0.05, 0.1) is 11.5 Å². The highest BCUT2D eigenvalue weighted by atomic mass is 16.6. The molecule has 0 saturated carbocycles. The summed E-state index contributed by atoms with van der Waals surface area (Å²) in [6.45, 7) is 1.41. The van der Waals surface area contributed by atoms with Crippen molar-refractivity contribution >= 4 is 17.3 Å². The summed E-state index contributed by atoms with van der Waals surface area (Å²) < 4.78 is 0. The van der Waals surface area contributed by atoms with Crippen molar-refractivity contribution in [1.82, 2.24) is 0 Å². The minimum absolute atomic E-state index is 0.0990. The summed E-state index contributed by atoms with van der Waals surface area (Å²) in [4.78, 5) is 22.5. The molecule has 2 aromatic carbocycles. The normalized spacial score (nSPS) is 10.2. The molecule has 0 fully saturated rings. The number of anilines is 1. The zero-order chi connectivity index (χ0) is 15.4. The van der Waals surface area contributed by atoms with E-state index in [4.69, 9.17) is 0 Å². The van der Waals surface area contributed by atoms with Crippen molar-refractivity contribution in [2.45, 2.75) is 13.5 Å². The first-order valence-corrected chi connectivity index (χ1v) is 6.28. The summed E-state index contributed by atoms with van der Waals surface area (Å²) in [7, 11) is 0. The summed E-state index contributed by atoms with van der Waals surface area (Å²) in [5.41, 5.74) is 1.64. The molecule has 0 saturated heterocycles. The topological polar surface area (TPSA) is 92.5 Å². The molecule has 1 amide bonds. The summed E-state index contributed by atoms with van der Waals surface area (Å²) in [5.74, 6) is -0.459. The second-order valence-corrected chi connectivity index (χ2v) is 4.53. The Balaban J connectivity index is 2.29. The number of aliphatic hydroxyl groups excluding tert-OH is 1. The first kappa shape index (κ1) is 14.7. The third-order valence-corrected chi connectivity index (χ3v) is 3.10. The van der Waals surface area contributed by atoms with Crippen LogP contribution in [0.5, 0.6) is 0 Å². The standard InChI is InChI=1S/C15H14N2O4/c1-10-6-7-11(8-14(10)17(20)21)15(19)16-13-5-3-2-4-12(13)9-18/h2-8,18H,9H2,1H3,(H,16,19). The van der Waals surface area contributed by atoms with Crippen molar-refractivity contribution in [2.24, 2.45) is 0 Å². The maximum absolute atomic E-state index is 12.2. The van der Waals surface area contributed by atoms with Gasteiger partial charge < -0.3 is 10.4 Å². The summed E-state index contributed by atoms with van der Waals surface area (Å²) in [5, 5.41) is 22.8. The Morgan fingerprint density at radius 2 is 2.00 bits per heavy atom. The van der Waals surface area contributed by atoms with Crippen LogP contribution in [0.2, 0.25) is 0 Å². The van der Waals surface area contributed by atoms with E-state index in [1.807, 2.05) is 0 Å². The summed E-state index contributed by atoms with van der Waals surface area (Å²) in [6, 6.07) is 11.1. The number of carbonyl (C=O) groups excluding carboxylic acids is 1. The van der Waals surface area contributed by atoms with Crippen LogP contribution in [0, 0.1) is 17.0 Å². The van der Waals surface area contributed by atoms with Crippen molar-refractivity contribution < 1.29 is 14.8 Å². The minimum Gasteiger partial charge on any atom is -0.392 e. The third kappa shape index (κ3) is 3.24. The lowest BCUT2D eigenvalue weighted by molar-refractivity contribution is -0.385. The number of hydrogen-bond donors (Lipinski definition) is 2. The molecule has 0 aliphatic rings. The molecular formula is C15H14N2O4. The number of amides is 1. The Morgan fingerprint density at radius 3 is 2.67 bits per heavy atom. The number of nitrogens with zero attached hydrogens (tertiary/aromatic N) is 1. The molecule has 2 aromatic rings. The average molecular weight is 286 g/mol. The predicted molar refractivity (Wildman–Crippen MR) is 78.2 cm³/mol. The maximum Gasteiger partial charge on any atom is 0.273 e. The highest BCUT2D eigenvalue weighted by Gasteiger charge is 2.15. The molecule has 2 rings (SSSR count). The molecule has 6 heteroatoms. The van der Waals surface area contributed by atoms with Crippen molar-refractivity contribution in [3.05, 3.63) is 69.3 Å². The van der Waals surface area contributed by atoms with Crippen LogP contribution < -0.4 is 5.32 Å². The van der Waals surface area contributed by atoms with E-state index < -0.39 is 10.8 Å². The Morgan fingerprint density at radius 1 is 1.29 bits per heavy atom. The lowest BCUT2D eigenvalue weighted by Gasteiger charge is -2.09. The van der Waals surface area contributed by atoms with E-state index in [1.54, 1.807) is 31.2 Å². The van der Waals surface area contributed by atoms with Gasteiger partial charge in [-0.1, -0.05) is 24.3 Å². The number of rotatable bonds is 4. The third-order valence-electron chi connectivity index (χ3n) is 3.10. The molecule has 108 valence electrons. The SMILES string of the molecule is Cc1ccc(C(=O)Nc2ccccc2CO)cc1[N+](=O)[O-]. The number of aliphatic hydroxyl groups is 1. The maximum atomic E-state index is 12.2. The largest absolute Gasteiger partial charge is 0.392 e. The second-order valence-electron chi connectivity index (χ2n) is 4.53. The van der Waals surface area contributed by atoms with Crippen LogP contribution >= 0.6 is 0 Å². The molecule has 0 spiro atoms. The first-order valence-electron chi connectivity index (χ1n) is 6.28. The number of nitro benzene ring substituents is 1.